The molecule has 0 aliphatic carbocycles. The van der Waals surface area contributed by atoms with Gasteiger partial charge in [-0.05, 0) is 14.0 Å². The average molecular weight is 240 g/mol. The molecule has 7 nitrogen and oxygen atoms in total. The molecule has 0 saturated carbocycles. The third-order valence-electron chi connectivity index (χ3n) is 2.60. The fourth-order valence-corrected chi connectivity index (χ4v) is 1.72. The Morgan fingerprint density at radius 3 is 2.76 bits per heavy atom. The van der Waals surface area contributed by atoms with Crippen LogP contribution in [0, 0.1) is 6.92 Å². The highest BCUT2D eigenvalue weighted by molar-refractivity contribution is 5.77. The Bertz CT molecular complexity index is 400. The summed E-state index contributed by atoms with van der Waals surface area (Å²) >= 11 is 0. The molecule has 1 heterocycles. The molecule has 0 aliphatic rings. The van der Waals surface area contributed by atoms with Crippen molar-refractivity contribution in [3.8, 4) is 0 Å². The first-order valence-corrected chi connectivity index (χ1v) is 5.37. The molecule has 0 spiro atoms. The lowest BCUT2D eigenvalue weighted by Crippen LogP contribution is -2.33. The van der Waals surface area contributed by atoms with Crippen molar-refractivity contribution in [2.45, 2.75) is 13.5 Å². The van der Waals surface area contributed by atoms with Crippen LogP contribution in [0.3, 0.4) is 0 Å². The van der Waals surface area contributed by atoms with Crippen LogP contribution in [-0.4, -0.2) is 41.2 Å². The maximum atomic E-state index is 11.2. The molecule has 17 heavy (non-hydrogen) atoms. The van der Waals surface area contributed by atoms with E-state index < -0.39 is 0 Å². The Morgan fingerprint density at radius 2 is 2.24 bits per heavy atom. The summed E-state index contributed by atoms with van der Waals surface area (Å²) < 4.78 is 1.69. The van der Waals surface area contributed by atoms with Crippen LogP contribution in [0.2, 0.25) is 0 Å². The average Bonchev–Trinajstić information content (AvgIpc) is 2.53. The monoisotopic (exact) mass is 240 g/mol. The van der Waals surface area contributed by atoms with Gasteiger partial charge in [-0.15, -0.1) is 0 Å². The smallest absolute Gasteiger partial charge is 0.233 e. The van der Waals surface area contributed by atoms with Crippen molar-refractivity contribution in [1.29, 1.82) is 0 Å². The topological polar surface area (TPSA) is 88.2 Å². The summed E-state index contributed by atoms with van der Waals surface area (Å²) in [5.41, 5.74) is 4.54. The Balaban J connectivity index is 2.77. The summed E-state index contributed by atoms with van der Waals surface area (Å²) in [5.74, 6) is 6.21. The molecule has 0 saturated heterocycles. The quantitative estimate of drug-likeness (QED) is 0.463. The van der Waals surface area contributed by atoms with E-state index >= 15 is 0 Å². The van der Waals surface area contributed by atoms with Gasteiger partial charge in [0.1, 0.15) is 5.82 Å². The lowest BCUT2D eigenvalue weighted by molar-refractivity contribution is -0.121. The van der Waals surface area contributed by atoms with Gasteiger partial charge in [0.2, 0.25) is 5.91 Å². The second-order valence-corrected chi connectivity index (χ2v) is 4.03. The van der Waals surface area contributed by atoms with Crippen molar-refractivity contribution >= 4 is 11.7 Å². The third-order valence-corrected chi connectivity index (χ3v) is 2.60. The molecule has 4 N–H and O–H groups in total. The van der Waals surface area contributed by atoms with Crippen LogP contribution in [0.4, 0.5) is 5.82 Å². The number of rotatable bonds is 5. The summed E-state index contributed by atoms with van der Waals surface area (Å²) in [5, 5.41) is 6.87. The molecule has 0 aliphatic heterocycles. The summed E-state index contributed by atoms with van der Waals surface area (Å²) in [6, 6.07) is 0. The number of nitrogens with zero attached hydrogens (tertiary/aromatic N) is 3. The highest BCUT2D eigenvalue weighted by Gasteiger charge is 2.15. The zero-order chi connectivity index (χ0) is 13.0. The van der Waals surface area contributed by atoms with Crippen LogP contribution in [0.25, 0.3) is 0 Å². The Kier molecular flexibility index (Phi) is 4.47. The van der Waals surface area contributed by atoms with Crippen molar-refractivity contribution < 1.29 is 4.79 Å². The van der Waals surface area contributed by atoms with Crippen LogP contribution in [0.15, 0.2) is 0 Å². The molecule has 1 rings (SSSR count). The van der Waals surface area contributed by atoms with Crippen molar-refractivity contribution in [3.05, 3.63) is 11.3 Å². The van der Waals surface area contributed by atoms with Crippen molar-refractivity contribution in [3.63, 3.8) is 0 Å². The number of carbonyl (C=O) groups is 1. The predicted molar refractivity (Wildman–Crippen MR) is 66.2 cm³/mol. The fraction of sp³-hybridized carbons (Fsp3) is 0.600. The van der Waals surface area contributed by atoms with Crippen molar-refractivity contribution in [2.24, 2.45) is 12.9 Å². The van der Waals surface area contributed by atoms with Crippen LogP contribution in [0.1, 0.15) is 11.3 Å². The molecule has 96 valence electrons. The summed E-state index contributed by atoms with van der Waals surface area (Å²) in [4.78, 5) is 13.1. The van der Waals surface area contributed by atoms with E-state index in [1.807, 2.05) is 25.9 Å². The van der Waals surface area contributed by atoms with E-state index in [1.165, 1.54) is 0 Å². The number of aromatic nitrogens is 2. The zero-order valence-corrected chi connectivity index (χ0v) is 10.7. The van der Waals surface area contributed by atoms with Gasteiger partial charge in [0.15, 0.2) is 0 Å². The lowest BCUT2D eigenvalue weighted by atomic mass is 10.2. The van der Waals surface area contributed by atoms with Crippen molar-refractivity contribution in [2.75, 3.05) is 26.1 Å². The number of aryl methyl sites for hydroxylation is 2. The minimum Gasteiger partial charge on any atom is -0.358 e. The molecular weight excluding hydrogens is 220 g/mol. The summed E-state index contributed by atoms with van der Waals surface area (Å²) in [6.07, 6.45) is 0. The van der Waals surface area contributed by atoms with Gasteiger partial charge in [0, 0.05) is 26.2 Å². The Hall–Kier alpha value is -1.60. The van der Waals surface area contributed by atoms with Crippen LogP contribution in [0.5, 0.6) is 0 Å². The van der Waals surface area contributed by atoms with Gasteiger partial charge in [-0.1, -0.05) is 0 Å². The number of hydrogen-bond donors (Lipinski definition) is 3. The standard InChI is InChI=1S/C10H20N6O/c1-7-8(10(13-11)16(4)14-7)5-15(3)6-9(17)12-2/h13H,5-6,11H2,1-4H3,(H,12,17). The van der Waals surface area contributed by atoms with E-state index in [2.05, 4.69) is 15.8 Å². The van der Waals surface area contributed by atoms with E-state index in [4.69, 9.17) is 5.84 Å². The van der Waals surface area contributed by atoms with E-state index in [1.54, 1.807) is 11.7 Å². The zero-order valence-electron chi connectivity index (χ0n) is 10.7. The van der Waals surface area contributed by atoms with Gasteiger partial charge < -0.3 is 10.7 Å². The minimum absolute atomic E-state index is 0.0173. The molecule has 0 radical (unpaired) electrons. The van der Waals surface area contributed by atoms with E-state index in [9.17, 15) is 4.79 Å². The van der Waals surface area contributed by atoms with E-state index in [-0.39, 0.29) is 5.91 Å². The number of nitrogens with one attached hydrogen (secondary N) is 2. The third kappa shape index (κ3) is 3.18. The molecular formula is C10H20N6O. The van der Waals surface area contributed by atoms with Gasteiger partial charge in [0.05, 0.1) is 12.2 Å². The lowest BCUT2D eigenvalue weighted by Gasteiger charge is -2.16. The highest BCUT2D eigenvalue weighted by atomic mass is 16.1. The number of anilines is 1. The van der Waals surface area contributed by atoms with Gasteiger partial charge in [0.25, 0.3) is 0 Å². The number of nitrogens with two attached hydrogens (primary N) is 1. The van der Waals surface area contributed by atoms with Crippen molar-refractivity contribution in [1.82, 2.24) is 20.0 Å². The summed E-state index contributed by atoms with van der Waals surface area (Å²) in [6.45, 7) is 2.88. The van der Waals surface area contributed by atoms with Crippen LogP contribution in [-0.2, 0) is 18.4 Å². The largest absolute Gasteiger partial charge is 0.358 e. The number of hydrazine groups is 1. The Morgan fingerprint density at radius 1 is 1.59 bits per heavy atom. The maximum absolute atomic E-state index is 11.2. The summed E-state index contributed by atoms with van der Waals surface area (Å²) in [7, 11) is 5.32. The molecule has 0 atom stereocenters. The van der Waals surface area contributed by atoms with Gasteiger partial charge in [-0.2, -0.15) is 5.10 Å². The molecule has 1 amide bonds. The SMILES string of the molecule is CNC(=O)CN(C)Cc1c(C)nn(C)c1NN. The first kappa shape index (κ1) is 13.5. The molecule has 1 aromatic heterocycles. The Labute approximate surface area is 101 Å². The second kappa shape index (κ2) is 5.65. The molecule has 7 heteroatoms. The maximum Gasteiger partial charge on any atom is 0.233 e. The molecule has 0 bridgehead atoms. The van der Waals surface area contributed by atoms with E-state index in [0.717, 1.165) is 17.1 Å². The van der Waals surface area contributed by atoms with Crippen LogP contribution < -0.4 is 16.6 Å². The molecule has 1 aromatic rings. The van der Waals surface area contributed by atoms with Gasteiger partial charge in [-0.3, -0.25) is 14.4 Å². The van der Waals surface area contributed by atoms with Gasteiger partial charge in [-0.25, -0.2) is 5.84 Å². The number of hydrogen-bond acceptors (Lipinski definition) is 5. The first-order valence-electron chi connectivity index (χ1n) is 5.37. The molecule has 0 fully saturated rings. The highest BCUT2D eigenvalue weighted by Crippen LogP contribution is 2.18. The number of nitrogen functional groups attached to an aromatic ring is 1. The fourth-order valence-electron chi connectivity index (χ4n) is 1.72. The second-order valence-electron chi connectivity index (χ2n) is 4.03. The van der Waals surface area contributed by atoms with Gasteiger partial charge >= 0.3 is 0 Å². The number of likely N-dealkylation sites (N-methyl/N-ethyl adjacent to an activating group) is 2. The van der Waals surface area contributed by atoms with E-state index in [0.29, 0.717) is 13.1 Å². The number of amides is 1. The minimum atomic E-state index is -0.0173. The first-order chi connectivity index (χ1) is 7.99. The molecule has 0 unspecified atom stereocenters. The number of carbonyl (C=O) groups excluding carboxylic acids is 1. The molecule has 0 aromatic carbocycles. The predicted octanol–water partition coefficient (Wildman–Crippen LogP) is -0.808. The normalized spacial score (nSPS) is 10.7. The van der Waals surface area contributed by atoms with Crippen LogP contribution >= 0.6 is 0 Å².